The molecule has 2 atom stereocenters. The lowest BCUT2D eigenvalue weighted by Gasteiger charge is -2.19. The van der Waals surface area contributed by atoms with Gasteiger partial charge in [0.25, 0.3) is 0 Å². The molecule has 9 nitrogen and oxygen atoms in total. The number of rotatable bonds is 36. The van der Waals surface area contributed by atoms with Crippen LogP contribution in [0, 0.1) is 0 Å². The zero-order chi connectivity index (χ0) is 41.8. The van der Waals surface area contributed by atoms with Gasteiger partial charge in [0.15, 0.2) is 6.10 Å². The van der Waals surface area contributed by atoms with E-state index in [2.05, 4.69) is 129 Å². The average molecular weight is 810 g/mol. The Labute approximate surface area is 344 Å². The van der Waals surface area contributed by atoms with Crippen LogP contribution in [0.1, 0.15) is 117 Å². The smallest absolute Gasteiger partial charge is 0.462 e. The van der Waals surface area contributed by atoms with Gasteiger partial charge in [-0.15, -0.1) is 0 Å². The molecule has 0 spiro atoms. The molecule has 0 aliphatic rings. The monoisotopic (exact) mass is 809 g/mol. The van der Waals surface area contributed by atoms with Crippen molar-refractivity contribution in [1.82, 2.24) is 0 Å². The minimum absolute atomic E-state index is 0.0259. The number of phosphoric ester groups is 1. The van der Waals surface area contributed by atoms with Gasteiger partial charge in [-0.25, -0.2) is 4.57 Å². The van der Waals surface area contributed by atoms with Gasteiger partial charge in [0.2, 0.25) is 0 Å². The van der Waals surface area contributed by atoms with E-state index in [1.165, 1.54) is 0 Å². The normalized spacial score (nSPS) is 14.7. The van der Waals surface area contributed by atoms with Crippen molar-refractivity contribution < 1.29 is 37.6 Å². The predicted octanol–water partition coefficient (Wildman–Crippen LogP) is 11.9. The minimum Gasteiger partial charge on any atom is -0.462 e. The molecule has 57 heavy (non-hydrogen) atoms. The number of carbonyl (C=O) groups is 2. The number of phosphoric acid groups is 1. The van der Waals surface area contributed by atoms with E-state index >= 15 is 0 Å². The van der Waals surface area contributed by atoms with E-state index in [-0.39, 0.29) is 32.6 Å². The first-order valence-electron chi connectivity index (χ1n) is 20.7. The van der Waals surface area contributed by atoms with Crippen LogP contribution in [0.25, 0.3) is 0 Å². The number of carbonyl (C=O) groups excluding carboxylic acids is 2. The lowest BCUT2D eigenvalue weighted by atomic mass is 10.2. The van der Waals surface area contributed by atoms with Crippen LogP contribution in [0.2, 0.25) is 0 Å². The van der Waals surface area contributed by atoms with Gasteiger partial charge in [0, 0.05) is 19.4 Å². The highest BCUT2D eigenvalue weighted by Crippen LogP contribution is 2.43. The Morgan fingerprint density at radius 3 is 1.32 bits per heavy atom. The zero-order valence-electron chi connectivity index (χ0n) is 34.8. The maximum Gasteiger partial charge on any atom is 0.472 e. The molecule has 2 unspecified atom stereocenters. The van der Waals surface area contributed by atoms with E-state index in [0.717, 1.165) is 70.6 Å². The Kier molecular flexibility index (Phi) is 39.0. The molecule has 0 saturated heterocycles. The number of hydrogen-bond acceptors (Lipinski definition) is 8. The van der Waals surface area contributed by atoms with Gasteiger partial charge in [0.05, 0.1) is 13.2 Å². The van der Waals surface area contributed by atoms with Crippen molar-refractivity contribution in [1.29, 1.82) is 0 Å². The largest absolute Gasteiger partial charge is 0.472 e. The predicted molar refractivity (Wildman–Crippen MR) is 237 cm³/mol. The Morgan fingerprint density at radius 2 is 0.912 bits per heavy atom. The number of unbranched alkanes of at least 4 members (excludes halogenated alkanes) is 1. The van der Waals surface area contributed by atoms with Crippen molar-refractivity contribution in [2.45, 2.75) is 123 Å². The van der Waals surface area contributed by atoms with E-state index in [1.54, 1.807) is 0 Å². The summed E-state index contributed by atoms with van der Waals surface area (Å²) in [6, 6.07) is 0. The second kappa shape index (κ2) is 41.8. The summed E-state index contributed by atoms with van der Waals surface area (Å²) in [5.41, 5.74) is 5.33. The fourth-order valence-corrected chi connectivity index (χ4v) is 5.34. The third-order valence-corrected chi connectivity index (χ3v) is 8.53. The fourth-order valence-electron chi connectivity index (χ4n) is 4.58. The Bertz CT molecular complexity index is 1380. The third kappa shape index (κ3) is 41.6. The second-order valence-corrected chi connectivity index (χ2v) is 14.2. The Hall–Kier alpha value is -3.85. The van der Waals surface area contributed by atoms with E-state index in [4.69, 9.17) is 24.3 Å². The highest BCUT2D eigenvalue weighted by Gasteiger charge is 2.25. The molecule has 0 amide bonds. The summed E-state index contributed by atoms with van der Waals surface area (Å²) in [5, 5.41) is 0. The molecular weight excluding hydrogens is 737 g/mol. The van der Waals surface area contributed by atoms with Crippen LogP contribution in [-0.2, 0) is 32.7 Å². The summed E-state index contributed by atoms with van der Waals surface area (Å²) in [6.45, 7) is 3.30. The minimum atomic E-state index is -4.42. The van der Waals surface area contributed by atoms with Crippen molar-refractivity contribution in [3.63, 3.8) is 0 Å². The molecule has 10 heteroatoms. The van der Waals surface area contributed by atoms with Gasteiger partial charge >= 0.3 is 19.8 Å². The van der Waals surface area contributed by atoms with Gasteiger partial charge in [-0.05, 0) is 89.9 Å². The third-order valence-electron chi connectivity index (χ3n) is 7.55. The van der Waals surface area contributed by atoms with Crippen LogP contribution in [0.15, 0.2) is 134 Å². The number of allylic oxidation sites excluding steroid dienone is 22. The SMILES string of the molecule is CCC=CCC=CCC=CCC=CCC=CCC=CCCC(=O)OC(COC(=O)CCCC=CCC=CCC=CCC=CCC=CCC)COP(=O)(O)OCCN. The summed E-state index contributed by atoms with van der Waals surface area (Å²) >= 11 is 0. The highest BCUT2D eigenvalue weighted by atomic mass is 31.2. The van der Waals surface area contributed by atoms with Crippen molar-refractivity contribution in [2.24, 2.45) is 5.73 Å². The molecule has 0 aromatic carbocycles. The van der Waals surface area contributed by atoms with Crippen LogP contribution < -0.4 is 5.73 Å². The van der Waals surface area contributed by atoms with Crippen LogP contribution in [-0.4, -0.2) is 49.3 Å². The first-order valence-corrected chi connectivity index (χ1v) is 22.2. The van der Waals surface area contributed by atoms with Gasteiger partial charge in [-0.3, -0.25) is 18.6 Å². The van der Waals surface area contributed by atoms with Crippen molar-refractivity contribution >= 4 is 19.8 Å². The van der Waals surface area contributed by atoms with Crippen molar-refractivity contribution in [3.8, 4) is 0 Å². The second-order valence-electron chi connectivity index (χ2n) is 12.7. The molecule has 0 aliphatic heterocycles. The van der Waals surface area contributed by atoms with E-state index in [1.807, 2.05) is 18.2 Å². The van der Waals surface area contributed by atoms with E-state index in [0.29, 0.717) is 19.3 Å². The maximum absolute atomic E-state index is 12.5. The molecule has 0 fully saturated rings. The quantitative estimate of drug-likeness (QED) is 0.0274. The van der Waals surface area contributed by atoms with Crippen LogP contribution in [0.3, 0.4) is 0 Å². The Morgan fingerprint density at radius 1 is 0.526 bits per heavy atom. The van der Waals surface area contributed by atoms with Gasteiger partial charge in [0.1, 0.15) is 6.61 Å². The van der Waals surface area contributed by atoms with Crippen LogP contribution in [0.4, 0.5) is 0 Å². The number of esters is 2. The Balaban J connectivity index is 4.44. The molecule has 0 bridgehead atoms. The topological polar surface area (TPSA) is 134 Å². The van der Waals surface area contributed by atoms with Gasteiger partial charge in [-0.1, -0.05) is 148 Å². The number of hydrogen-bond donors (Lipinski definition) is 2. The molecule has 318 valence electrons. The number of ether oxygens (including phenoxy) is 2. The van der Waals surface area contributed by atoms with E-state index in [9.17, 15) is 19.0 Å². The first kappa shape index (κ1) is 53.1. The number of nitrogens with two attached hydrogens (primary N) is 1. The molecule has 0 rings (SSSR count). The summed E-state index contributed by atoms with van der Waals surface area (Å²) in [6.07, 6.45) is 57.9. The average Bonchev–Trinajstić information content (AvgIpc) is 3.20. The highest BCUT2D eigenvalue weighted by molar-refractivity contribution is 7.47. The fraction of sp³-hybridized carbons (Fsp3) is 0.489. The zero-order valence-corrected chi connectivity index (χ0v) is 35.6. The molecule has 0 aromatic heterocycles. The molecule has 3 N–H and O–H groups in total. The van der Waals surface area contributed by atoms with Crippen molar-refractivity contribution in [3.05, 3.63) is 134 Å². The molecule has 0 radical (unpaired) electrons. The molecule has 0 aliphatic carbocycles. The summed E-state index contributed by atoms with van der Waals surface area (Å²) in [5.74, 6) is -1.01. The van der Waals surface area contributed by atoms with Crippen molar-refractivity contribution in [2.75, 3.05) is 26.4 Å². The standard InChI is InChI=1S/C47H72NO8P/c1-3-5-7-9-11-13-15-17-19-21-22-24-26-28-30-32-34-36-38-40-47(50)56-45(44-55-57(51,52)54-42-41-48)43-53-46(49)39-37-35-33-31-29-27-25-23-20-18-16-14-12-10-8-6-4-2/h5-8,11-14,17-20,22,24-25,27-28,30-31,33-34,36,45H,3-4,9-10,15-16,21,23,26,29,32,35,37-44,48H2,1-2H3,(H,51,52). The van der Waals surface area contributed by atoms with Crippen LogP contribution >= 0.6 is 7.82 Å². The summed E-state index contributed by atoms with van der Waals surface area (Å²) in [7, 11) is -4.42. The lowest BCUT2D eigenvalue weighted by molar-refractivity contribution is -0.161. The molecule has 0 saturated carbocycles. The molecule has 0 aromatic rings. The summed E-state index contributed by atoms with van der Waals surface area (Å²) in [4.78, 5) is 34.8. The van der Waals surface area contributed by atoms with Crippen LogP contribution in [0.5, 0.6) is 0 Å². The lowest BCUT2D eigenvalue weighted by Crippen LogP contribution is -2.29. The van der Waals surface area contributed by atoms with Gasteiger partial charge < -0.3 is 20.1 Å². The molecular formula is C47H72NO8P. The van der Waals surface area contributed by atoms with Gasteiger partial charge in [-0.2, -0.15) is 0 Å². The summed E-state index contributed by atoms with van der Waals surface area (Å²) < 4.78 is 32.6. The maximum atomic E-state index is 12.5. The molecule has 0 heterocycles. The van der Waals surface area contributed by atoms with E-state index < -0.39 is 32.5 Å². The first-order chi connectivity index (χ1) is 27.8.